The fraction of sp³-hybridized carbons (Fsp3) is 0.462. The maximum Gasteiger partial charge on any atom is 0.227 e. The highest BCUT2D eigenvalue weighted by atomic mass is 35.5. The first kappa shape index (κ1) is 13.7. The summed E-state index contributed by atoms with van der Waals surface area (Å²) in [6.07, 6.45) is 0.334. The van der Waals surface area contributed by atoms with E-state index in [-0.39, 0.29) is 11.9 Å². The van der Waals surface area contributed by atoms with E-state index < -0.39 is 0 Å². The average Bonchev–Trinajstić information content (AvgIpc) is 2.33. The van der Waals surface area contributed by atoms with Gasteiger partial charge in [-0.1, -0.05) is 29.3 Å². The molecule has 1 atom stereocenters. The number of benzene rings is 1. The van der Waals surface area contributed by atoms with Crippen LogP contribution in [0.1, 0.15) is 12.5 Å². The minimum Gasteiger partial charge on any atom is -0.337 e. The normalized spacial score (nSPS) is 19.9. The van der Waals surface area contributed by atoms with Gasteiger partial charge >= 0.3 is 0 Å². The van der Waals surface area contributed by atoms with Crippen LogP contribution in [0.5, 0.6) is 0 Å². The van der Waals surface area contributed by atoms with Crippen LogP contribution >= 0.6 is 23.2 Å². The first-order chi connectivity index (χ1) is 8.58. The molecule has 0 radical (unpaired) electrons. The summed E-state index contributed by atoms with van der Waals surface area (Å²) in [5.41, 5.74) is 0.830. The number of nitrogens with one attached hydrogen (secondary N) is 1. The molecule has 0 aliphatic carbocycles. The summed E-state index contributed by atoms with van der Waals surface area (Å²) >= 11 is 11.9. The highest BCUT2D eigenvalue weighted by Crippen LogP contribution is 2.22. The molecule has 18 heavy (non-hydrogen) atoms. The second-order valence-corrected chi connectivity index (χ2v) is 5.40. The minimum atomic E-state index is 0.119. The average molecular weight is 287 g/mol. The number of nitrogens with zero attached hydrogens (tertiary/aromatic N) is 1. The van der Waals surface area contributed by atoms with E-state index >= 15 is 0 Å². The molecule has 1 aliphatic rings. The maximum atomic E-state index is 12.2. The molecule has 3 nitrogen and oxygen atoms in total. The molecule has 1 heterocycles. The third-order valence-electron chi connectivity index (χ3n) is 3.18. The molecular weight excluding hydrogens is 271 g/mol. The molecule has 0 saturated carbocycles. The number of amides is 1. The Hall–Kier alpha value is -0.770. The van der Waals surface area contributed by atoms with Crippen LogP contribution in [0.4, 0.5) is 0 Å². The predicted octanol–water partition coefficient (Wildman–Crippen LogP) is 2.36. The van der Waals surface area contributed by atoms with Gasteiger partial charge in [0.25, 0.3) is 0 Å². The van der Waals surface area contributed by atoms with Crippen molar-refractivity contribution in [1.82, 2.24) is 10.2 Å². The van der Waals surface area contributed by atoms with E-state index in [4.69, 9.17) is 23.2 Å². The highest BCUT2D eigenvalue weighted by molar-refractivity contribution is 6.35. The van der Waals surface area contributed by atoms with Gasteiger partial charge in [0.05, 0.1) is 6.42 Å². The van der Waals surface area contributed by atoms with E-state index in [1.165, 1.54) is 0 Å². The molecule has 5 heteroatoms. The van der Waals surface area contributed by atoms with Crippen LogP contribution in [-0.4, -0.2) is 36.5 Å². The molecule has 0 bridgehead atoms. The van der Waals surface area contributed by atoms with Gasteiger partial charge in [0.2, 0.25) is 5.91 Å². The molecule has 98 valence electrons. The number of rotatable bonds is 2. The van der Waals surface area contributed by atoms with Crippen LogP contribution in [0.15, 0.2) is 18.2 Å². The zero-order valence-electron chi connectivity index (χ0n) is 10.2. The van der Waals surface area contributed by atoms with Crippen molar-refractivity contribution in [3.8, 4) is 0 Å². The lowest BCUT2D eigenvalue weighted by Gasteiger charge is -2.34. The number of piperazine rings is 1. The van der Waals surface area contributed by atoms with E-state index in [0.29, 0.717) is 16.5 Å². The van der Waals surface area contributed by atoms with E-state index in [1.54, 1.807) is 12.1 Å². The lowest BCUT2D eigenvalue weighted by atomic mass is 10.1. The van der Waals surface area contributed by atoms with Crippen LogP contribution in [0, 0.1) is 0 Å². The van der Waals surface area contributed by atoms with Crippen molar-refractivity contribution < 1.29 is 4.79 Å². The Morgan fingerprint density at radius 3 is 2.94 bits per heavy atom. The van der Waals surface area contributed by atoms with E-state index in [2.05, 4.69) is 5.32 Å². The summed E-state index contributed by atoms with van der Waals surface area (Å²) in [5, 5.41) is 4.41. The number of carbonyl (C=O) groups is 1. The van der Waals surface area contributed by atoms with Crippen LogP contribution in [0.2, 0.25) is 10.0 Å². The number of hydrogen-bond donors (Lipinski definition) is 1. The SMILES string of the molecule is C[C@@H]1CNCCN1C(=O)Cc1ccc(Cl)cc1Cl. The first-order valence-electron chi connectivity index (χ1n) is 6.02. The Kier molecular flexibility index (Phi) is 4.49. The van der Waals surface area contributed by atoms with Gasteiger partial charge in [0.15, 0.2) is 0 Å². The third-order valence-corrected chi connectivity index (χ3v) is 3.77. The smallest absolute Gasteiger partial charge is 0.227 e. The second kappa shape index (κ2) is 5.91. The summed E-state index contributed by atoms with van der Waals surface area (Å²) in [5.74, 6) is 0.119. The monoisotopic (exact) mass is 286 g/mol. The lowest BCUT2D eigenvalue weighted by molar-refractivity contribution is -0.133. The van der Waals surface area contributed by atoms with Gasteiger partial charge < -0.3 is 10.2 Å². The van der Waals surface area contributed by atoms with Gasteiger partial charge in [-0.3, -0.25) is 4.79 Å². The first-order valence-corrected chi connectivity index (χ1v) is 6.77. The van der Waals surface area contributed by atoms with Crippen molar-refractivity contribution in [3.05, 3.63) is 33.8 Å². The lowest BCUT2D eigenvalue weighted by Crippen LogP contribution is -2.52. The fourth-order valence-electron chi connectivity index (χ4n) is 2.14. The molecule has 1 fully saturated rings. The van der Waals surface area contributed by atoms with Crippen LogP contribution in [0.3, 0.4) is 0 Å². The van der Waals surface area contributed by atoms with Crippen LogP contribution in [-0.2, 0) is 11.2 Å². The molecule has 1 aliphatic heterocycles. The van der Waals surface area contributed by atoms with Crippen LogP contribution < -0.4 is 5.32 Å². The summed E-state index contributed by atoms with van der Waals surface area (Å²) in [6, 6.07) is 5.48. The van der Waals surface area contributed by atoms with Gasteiger partial charge in [0.1, 0.15) is 0 Å². The molecule has 0 aromatic heterocycles. The molecule has 0 spiro atoms. The Balaban J connectivity index is 2.06. The van der Waals surface area contributed by atoms with E-state index in [1.807, 2.05) is 17.9 Å². The Morgan fingerprint density at radius 1 is 1.50 bits per heavy atom. The van der Waals surface area contributed by atoms with Crippen molar-refractivity contribution in [2.24, 2.45) is 0 Å². The standard InChI is InChI=1S/C13H16Cl2N2O/c1-9-8-16-4-5-17(9)13(18)6-10-2-3-11(14)7-12(10)15/h2-3,7,9,16H,4-6,8H2,1H3/t9-/m1/s1. The van der Waals surface area contributed by atoms with Crippen molar-refractivity contribution in [3.63, 3.8) is 0 Å². The predicted molar refractivity (Wildman–Crippen MR) is 74.2 cm³/mol. The summed E-state index contributed by atoms with van der Waals surface area (Å²) in [7, 11) is 0. The van der Waals surface area contributed by atoms with Crippen molar-refractivity contribution in [1.29, 1.82) is 0 Å². The Labute approximate surface area is 117 Å². The second-order valence-electron chi connectivity index (χ2n) is 4.55. The molecule has 2 rings (SSSR count). The topological polar surface area (TPSA) is 32.3 Å². The number of carbonyl (C=O) groups excluding carboxylic acids is 1. The number of halogens is 2. The maximum absolute atomic E-state index is 12.2. The Bertz CT molecular complexity index is 451. The van der Waals surface area contributed by atoms with Gasteiger partial charge in [-0.15, -0.1) is 0 Å². The van der Waals surface area contributed by atoms with E-state index in [0.717, 1.165) is 25.2 Å². The van der Waals surface area contributed by atoms with Crippen molar-refractivity contribution in [2.75, 3.05) is 19.6 Å². The molecule has 1 saturated heterocycles. The third kappa shape index (κ3) is 3.16. The largest absolute Gasteiger partial charge is 0.337 e. The fourth-order valence-corrected chi connectivity index (χ4v) is 2.62. The Morgan fingerprint density at radius 2 is 2.28 bits per heavy atom. The van der Waals surface area contributed by atoms with Gasteiger partial charge in [-0.05, 0) is 24.6 Å². The quantitative estimate of drug-likeness (QED) is 0.905. The summed E-state index contributed by atoms with van der Waals surface area (Å²) < 4.78 is 0. The zero-order valence-corrected chi connectivity index (χ0v) is 11.8. The molecule has 1 N–H and O–H groups in total. The zero-order chi connectivity index (χ0) is 13.1. The van der Waals surface area contributed by atoms with E-state index in [9.17, 15) is 4.79 Å². The van der Waals surface area contributed by atoms with Gasteiger partial charge in [0, 0.05) is 35.7 Å². The molecule has 1 aromatic rings. The molecule has 1 amide bonds. The minimum absolute atomic E-state index is 0.119. The molecule has 0 unspecified atom stereocenters. The van der Waals surface area contributed by atoms with Gasteiger partial charge in [-0.25, -0.2) is 0 Å². The highest BCUT2D eigenvalue weighted by Gasteiger charge is 2.23. The van der Waals surface area contributed by atoms with Crippen molar-refractivity contribution >= 4 is 29.1 Å². The summed E-state index contributed by atoms with van der Waals surface area (Å²) in [4.78, 5) is 14.1. The summed E-state index contributed by atoms with van der Waals surface area (Å²) in [6.45, 7) is 4.50. The molecular formula is C13H16Cl2N2O. The van der Waals surface area contributed by atoms with Crippen LogP contribution in [0.25, 0.3) is 0 Å². The van der Waals surface area contributed by atoms with Gasteiger partial charge in [-0.2, -0.15) is 0 Å². The molecule has 1 aromatic carbocycles. The number of hydrogen-bond acceptors (Lipinski definition) is 2. The van der Waals surface area contributed by atoms with Crippen molar-refractivity contribution in [2.45, 2.75) is 19.4 Å².